The van der Waals surface area contributed by atoms with Gasteiger partial charge in [0.2, 0.25) is 0 Å². The second-order valence-electron chi connectivity index (χ2n) is 3.97. The maximum atomic E-state index is 11.4. The fourth-order valence-corrected chi connectivity index (χ4v) is 2.45. The van der Waals surface area contributed by atoms with E-state index in [0.717, 1.165) is 25.9 Å². The molecule has 0 aromatic heterocycles. The fourth-order valence-electron chi connectivity index (χ4n) is 2.45. The van der Waals surface area contributed by atoms with Crippen molar-refractivity contribution in [1.82, 2.24) is 4.90 Å². The van der Waals surface area contributed by atoms with Gasteiger partial charge in [0.1, 0.15) is 0 Å². The van der Waals surface area contributed by atoms with Crippen molar-refractivity contribution in [3.05, 3.63) is 0 Å². The molecule has 0 aliphatic carbocycles. The lowest BCUT2D eigenvalue weighted by Gasteiger charge is -2.48. The Morgan fingerprint density at radius 2 is 2.15 bits per heavy atom. The molecule has 3 saturated heterocycles. The summed E-state index contributed by atoms with van der Waals surface area (Å²) < 4.78 is 4.63. The van der Waals surface area contributed by atoms with Crippen LogP contribution in [0.2, 0.25) is 0 Å². The van der Waals surface area contributed by atoms with Crippen molar-refractivity contribution in [2.24, 2.45) is 5.92 Å². The number of ether oxygens (including phenoxy) is 1. The van der Waals surface area contributed by atoms with Crippen molar-refractivity contribution in [2.45, 2.75) is 18.4 Å². The summed E-state index contributed by atoms with van der Waals surface area (Å²) in [6, 6.07) is 0. The number of esters is 1. The zero-order valence-corrected chi connectivity index (χ0v) is 7.82. The van der Waals surface area contributed by atoms with E-state index >= 15 is 0 Å². The van der Waals surface area contributed by atoms with Crippen LogP contribution in [0.3, 0.4) is 0 Å². The van der Waals surface area contributed by atoms with Crippen molar-refractivity contribution < 1.29 is 14.6 Å². The van der Waals surface area contributed by atoms with Gasteiger partial charge in [-0.25, -0.2) is 4.79 Å². The van der Waals surface area contributed by atoms with Crippen molar-refractivity contribution in [3.8, 4) is 0 Å². The molecule has 4 heteroatoms. The molecule has 3 rings (SSSR count). The largest absolute Gasteiger partial charge is 0.467 e. The second kappa shape index (κ2) is 2.96. The van der Waals surface area contributed by atoms with E-state index in [4.69, 9.17) is 0 Å². The van der Waals surface area contributed by atoms with Crippen LogP contribution >= 0.6 is 0 Å². The fraction of sp³-hybridized carbons (Fsp3) is 0.889. The highest BCUT2D eigenvalue weighted by molar-refractivity contribution is 5.80. The van der Waals surface area contributed by atoms with Crippen molar-refractivity contribution in [2.75, 3.05) is 26.7 Å². The first-order valence-electron chi connectivity index (χ1n) is 4.70. The smallest absolute Gasteiger partial charge is 0.339 e. The van der Waals surface area contributed by atoms with E-state index in [0.29, 0.717) is 6.54 Å². The van der Waals surface area contributed by atoms with Crippen LogP contribution in [0.15, 0.2) is 0 Å². The predicted molar refractivity (Wildman–Crippen MR) is 46.1 cm³/mol. The zero-order valence-electron chi connectivity index (χ0n) is 7.82. The Balaban J connectivity index is 2.18. The zero-order chi connectivity index (χ0) is 9.47. The molecule has 0 aromatic carbocycles. The molecule has 1 N–H and O–H groups in total. The molecule has 0 saturated carbocycles. The third-order valence-corrected chi connectivity index (χ3v) is 3.27. The number of carbonyl (C=O) groups is 1. The average molecular weight is 185 g/mol. The van der Waals surface area contributed by atoms with E-state index in [1.54, 1.807) is 0 Å². The first kappa shape index (κ1) is 8.97. The lowest BCUT2D eigenvalue weighted by atomic mass is 9.75. The summed E-state index contributed by atoms with van der Waals surface area (Å²) in [5.74, 6) is -0.369. The Labute approximate surface area is 77.5 Å². The first-order chi connectivity index (χ1) is 6.16. The number of fused-ring (bicyclic) bond motifs is 3. The molecular formula is C9H15NO3. The summed E-state index contributed by atoms with van der Waals surface area (Å²) in [5, 5.41) is 10.1. The summed E-state index contributed by atoms with van der Waals surface area (Å²) in [6.45, 7) is 2.46. The average Bonchev–Trinajstić information content (AvgIpc) is 2.18. The normalized spacial score (nSPS) is 43.2. The maximum absolute atomic E-state index is 11.4. The molecule has 0 spiro atoms. The Morgan fingerprint density at radius 1 is 1.54 bits per heavy atom. The third-order valence-electron chi connectivity index (χ3n) is 3.27. The monoisotopic (exact) mass is 185 g/mol. The van der Waals surface area contributed by atoms with Crippen molar-refractivity contribution in [3.63, 3.8) is 0 Å². The topological polar surface area (TPSA) is 49.8 Å². The molecule has 4 nitrogen and oxygen atoms in total. The molecule has 0 amide bonds. The standard InChI is InChI=1S/C9H15NO3/c1-13-8(11)9(12)6-10-4-2-7(9)3-5-10/h7,12H,2-6H2,1H3. The molecular weight excluding hydrogens is 170 g/mol. The van der Waals surface area contributed by atoms with Gasteiger partial charge in [-0.15, -0.1) is 0 Å². The number of aliphatic hydroxyl groups is 1. The van der Waals surface area contributed by atoms with Gasteiger partial charge in [-0.3, -0.25) is 4.90 Å². The summed E-state index contributed by atoms with van der Waals surface area (Å²) in [5.41, 5.74) is -1.23. The van der Waals surface area contributed by atoms with Crippen LogP contribution in [0.5, 0.6) is 0 Å². The van der Waals surface area contributed by atoms with E-state index in [1.165, 1.54) is 7.11 Å². The minimum absolute atomic E-state index is 0.102. The molecule has 3 heterocycles. The molecule has 74 valence electrons. The van der Waals surface area contributed by atoms with Crippen molar-refractivity contribution >= 4 is 5.97 Å². The molecule has 0 radical (unpaired) electrons. The number of rotatable bonds is 1. The molecule has 0 aromatic rings. The third kappa shape index (κ3) is 1.25. The van der Waals surface area contributed by atoms with Gasteiger partial charge < -0.3 is 9.84 Å². The van der Waals surface area contributed by atoms with Gasteiger partial charge in [0.05, 0.1) is 7.11 Å². The number of carbonyl (C=O) groups excluding carboxylic acids is 1. The Hall–Kier alpha value is -0.610. The molecule has 3 fully saturated rings. The Bertz CT molecular complexity index is 223. The van der Waals surface area contributed by atoms with Crippen LogP contribution in [-0.4, -0.2) is 48.3 Å². The highest BCUT2D eigenvalue weighted by Crippen LogP contribution is 2.36. The van der Waals surface area contributed by atoms with Crippen LogP contribution in [0.25, 0.3) is 0 Å². The van der Waals surface area contributed by atoms with E-state index in [-0.39, 0.29) is 5.92 Å². The first-order valence-corrected chi connectivity index (χ1v) is 4.70. The van der Waals surface area contributed by atoms with Crippen molar-refractivity contribution in [1.29, 1.82) is 0 Å². The van der Waals surface area contributed by atoms with Crippen LogP contribution in [0, 0.1) is 5.92 Å². The van der Waals surface area contributed by atoms with E-state index < -0.39 is 11.6 Å². The lowest BCUT2D eigenvalue weighted by Crippen LogP contribution is -2.63. The van der Waals surface area contributed by atoms with Gasteiger partial charge in [-0.2, -0.15) is 0 Å². The molecule has 3 aliphatic rings. The van der Waals surface area contributed by atoms with Gasteiger partial charge >= 0.3 is 5.97 Å². The number of methoxy groups -OCH3 is 1. The number of hydrogen-bond acceptors (Lipinski definition) is 4. The Kier molecular flexibility index (Phi) is 2.04. The molecule has 2 bridgehead atoms. The van der Waals surface area contributed by atoms with Crippen LogP contribution in [0.4, 0.5) is 0 Å². The minimum Gasteiger partial charge on any atom is -0.467 e. The summed E-state index contributed by atoms with van der Waals surface area (Å²) in [4.78, 5) is 13.5. The number of nitrogens with zero attached hydrogens (tertiary/aromatic N) is 1. The molecule has 13 heavy (non-hydrogen) atoms. The van der Waals surface area contributed by atoms with Crippen LogP contribution in [-0.2, 0) is 9.53 Å². The highest BCUT2D eigenvalue weighted by atomic mass is 16.5. The maximum Gasteiger partial charge on any atom is 0.339 e. The van der Waals surface area contributed by atoms with Gasteiger partial charge in [0.15, 0.2) is 5.60 Å². The van der Waals surface area contributed by atoms with Crippen LogP contribution < -0.4 is 0 Å². The lowest BCUT2D eigenvalue weighted by molar-refractivity contribution is -0.183. The number of piperidine rings is 3. The summed E-state index contributed by atoms with van der Waals surface area (Å²) in [6.07, 6.45) is 1.82. The van der Waals surface area contributed by atoms with Gasteiger partial charge in [0.25, 0.3) is 0 Å². The van der Waals surface area contributed by atoms with E-state index in [1.807, 2.05) is 0 Å². The predicted octanol–water partition coefficient (Wildman–Crippen LogP) is -0.384. The van der Waals surface area contributed by atoms with E-state index in [2.05, 4.69) is 9.64 Å². The van der Waals surface area contributed by atoms with Gasteiger partial charge in [-0.1, -0.05) is 0 Å². The van der Waals surface area contributed by atoms with Gasteiger partial charge in [-0.05, 0) is 25.9 Å². The summed E-state index contributed by atoms with van der Waals surface area (Å²) in [7, 11) is 1.33. The molecule has 3 aliphatic heterocycles. The SMILES string of the molecule is COC(=O)C1(O)CN2CCC1CC2. The number of hydrogen-bond donors (Lipinski definition) is 1. The molecule has 1 unspecified atom stereocenters. The Morgan fingerprint density at radius 3 is 2.54 bits per heavy atom. The minimum atomic E-state index is -1.23. The highest BCUT2D eigenvalue weighted by Gasteiger charge is 2.51. The quantitative estimate of drug-likeness (QED) is 0.566. The summed E-state index contributed by atoms with van der Waals surface area (Å²) >= 11 is 0. The van der Waals surface area contributed by atoms with Crippen LogP contribution in [0.1, 0.15) is 12.8 Å². The second-order valence-corrected chi connectivity index (χ2v) is 3.97. The van der Waals surface area contributed by atoms with Gasteiger partial charge in [0, 0.05) is 12.5 Å². The van der Waals surface area contributed by atoms with E-state index in [9.17, 15) is 9.90 Å². The molecule has 1 atom stereocenters.